The first kappa shape index (κ1) is 20.6. The molecule has 3 rings (SSSR count). The third-order valence-corrected chi connectivity index (χ3v) is 4.97. The monoisotopic (exact) mass is 410 g/mol. The molecule has 10 heteroatoms. The molecule has 1 aromatic heterocycles. The van der Waals surface area contributed by atoms with Gasteiger partial charge in [-0.1, -0.05) is 23.7 Å². The Bertz CT molecular complexity index is 846. The van der Waals surface area contributed by atoms with Crippen molar-refractivity contribution in [2.45, 2.75) is 36.9 Å². The highest BCUT2D eigenvalue weighted by atomic mass is 35.5. The lowest BCUT2D eigenvalue weighted by Gasteiger charge is -2.40. The summed E-state index contributed by atoms with van der Waals surface area (Å²) in [5, 5.41) is 56.3. The predicted octanol–water partition coefficient (Wildman–Crippen LogP) is -0.0661. The Labute approximate surface area is 164 Å². The molecule has 2 heterocycles. The van der Waals surface area contributed by atoms with E-state index in [-0.39, 0.29) is 12.1 Å². The number of carbonyl (C=O) groups is 1. The maximum absolute atomic E-state index is 10.9. The minimum Gasteiger partial charge on any atom is -0.476 e. The van der Waals surface area contributed by atoms with Gasteiger partial charge in [-0.25, -0.2) is 4.79 Å². The molecule has 1 saturated heterocycles. The fraction of sp³-hybridized carbons (Fsp3) is 0.389. The van der Waals surface area contributed by atoms with E-state index in [1.807, 2.05) is 0 Å². The van der Waals surface area contributed by atoms with Gasteiger partial charge in [0.15, 0.2) is 5.69 Å². The molecule has 0 unspecified atom stereocenters. The molecule has 1 aliphatic heterocycles. The predicted molar refractivity (Wildman–Crippen MR) is 96.0 cm³/mol. The second-order valence-corrected chi connectivity index (χ2v) is 6.90. The highest BCUT2D eigenvalue weighted by molar-refractivity contribution is 6.31. The summed E-state index contributed by atoms with van der Waals surface area (Å²) in [6.07, 6.45) is -6.07. The Morgan fingerprint density at radius 2 is 1.82 bits per heavy atom. The number of nitrogens with zero attached hydrogens (tertiary/aromatic N) is 2. The number of aromatic carboxylic acids is 1. The zero-order chi connectivity index (χ0) is 20.4. The third kappa shape index (κ3) is 4.14. The van der Waals surface area contributed by atoms with Gasteiger partial charge in [0.2, 0.25) is 0 Å². The number of aliphatic hydroxyl groups excluding tert-OH is 4. The van der Waals surface area contributed by atoms with Crippen molar-refractivity contribution in [1.29, 1.82) is 0 Å². The van der Waals surface area contributed by atoms with Crippen molar-refractivity contribution in [2.75, 3.05) is 6.61 Å². The average molecular weight is 411 g/mol. The lowest BCUT2D eigenvalue weighted by molar-refractivity contribution is -0.231. The van der Waals surface area contributed by atoms with Gasteiger partial charge in [-0.15, -0.1) is 5.10 Å². The number of aliphatic hydroxyl groups is 4. The van der Waals surface area contributed by atoms with Crippen molar-refractivity contribution >= 4 is 17.6 Å². The summed E-state index contributed by atoms with van der Waals surface area (Å²) in [5.41, 5.74) is 1.42. The first-order chi connectivity index (χ1) is 13.3. The fourth-order valence-electron chi connectivity index (χ4n) is 3.05. The molecule has 0 amide bonds. The maximum Gasteiger partial charge on any atom is 0.356 e. The van der Waals surface area contributed by atoms with Gasteiger partial charge in [-0.2, -0.15) is 5.10 Å². The molecule has 0 aliphatic carbocycles. The Balaban J connectivity index is 1.85. The number of hydrogen-bond donors (Lipinski definition) is 5. The van der Waals surface area contributed by atoms with Crippen LogP contribution < -0.4 is 0 Å². The molecule has 28 heavy (non-hydrogen) atoms. The van der Waals surface area contributed by atoms with Gasteiger partial charge in [-0.05, 0) is 29.3 Å². The van der Waals surface area contributed by atoms with E-state index in [9.17, 15) is 25.2 Å². The standard InChI is InChI=1S/C18H19ClN2O7/c19-11-3-1-8(17-16(25)15(24)14(23)13(7-22)28-17)5-9(11)6-10-2-4-12(18(26)27)21-20-10/h1-5,13-17,22-25H,6-7H2,(H,26,27)/t13-,14-,15+,16+,17+/m1/s1. The molecule has 1 aromatic carbocycles. The van der Waals surface area contributed by atoms with E-state index in [1.165, 1.54) is 12.1 Å². The molecule has 2 aromatic rings. The second-order valence-electron chi connectivity index (χ2n) is 6.49. The van der Waals surface area contributed by atoms with Crippen LogP contribution in [0.1, 0.15) is 33.4 Å². The van der Waals surface area contributed by atoms with Crippen LogP contribution in [-0.4, -0.2) is 72.7 Å². The van der Waals surface area contributed by atoms with E-state index in [0.29, 0.717) is 21.8 Å². The molecular formula is C18H19ClN2O7. The van der Waals surface area contributed by atoms with E-state index >= 15 is 0 Å². The van der Waals surface area contributed by atoms with Crippen LogP contribution in [0.3, 0.4) is 0 Å². The third-order valence-electron chi connectivity index (χ3n) is 4.60. The van der Waals surface area contributed by atoms with E-state index in [0.717, 1.165) is 0 Å². The van der Waals surface area contributed by atoms with Crippen LogP contribution in [0.5, 0.6) is 0 Å². The second kappa shape index (κ2) is 8.48. The van der Waals surface area contributed by atoms with Crippen LogP contribution in [0.25, 0.3) is 0 Å². The van der Waals surface area contributed by atoms with Gasteiger partial charge in [0.25, 0.3) is 0 Å². The van der Waals surface area contributed by atoms with Crippen LogP contribution >= 0.6 is 11.6 Å². The number of rotatable bonds is 5. The maximum atomic E-state index is 10.9. The Kier molecular flexibility index (Phi) is 6.23. The number of aromatic nitrogens is 2. The summed E-state index contributed by atoms with van der Waals surface area (Å²) >= 11 is 6.24. The lowest BCUT2D eigenvalue weighted by atomic mass is 9.90. The number of ether oxygens (including phenoxy) is 1. The summed E-state index contributed by atoms with van der Waals surface area (Å²) in [5.74, 6) is -1.18. The SMILES string of the molecule is O=C(O)c1ccc(Cc2cc([C@@H]3O[C@H](CO)[C@@H](O)[C@H](O)[C@@H]3O)ccc2Cl)nn1. The topological polar surface area (TPSA) is 153 Å². The number of carboxylic acids is 1. The molecule has 0 saturated carbocycles. The first-order valence-electron chi connectivity index (χ1n) is 8.46. The van der Waals surface area contributed by atoms with E-state index in [2.05, 4.69) is 10.2 Å². The van der Waals surface area contributed by atoms with Crippen LogP contribution in [0, 0.1) is 0 Å². The van der Waals surface area contributed by atoms with Crippen molar-refractivity contribution < 1.29 is 35.1 Å². The average Bonchev–Trinajstić information content (AvgIpc) is 2.69. The Hall–Kier alpha value is -2.14. The molecule has 0 spiro atoms. The van der Waals surface area contributed by atoms with Crippen molar-refractivity contribution in [3.05, 3.63) is 57.9 Å². The summed E-state index contributed by atoms with van der Waals surface area (Å²) in [7, 11) is 0. The highest BCUT2D eigenvalue weighted by Gasteiger charge is 2.44. The molecular weight excluding hydrogens is 392 g/mol. The van der Waals surface area contributed by atoms with Crippen molar-refractivity contribution in [3.8, 4) is 0 Å². The van der Waals surface area contributed by atoms with Crippen molar-refractivity contribution in [1.82, 2.24) is 10.2 Å². The van der Waals surface area contributed by atoms with Gasteiger partial charge in [-0.3, -0.25) is 0 Å². The van der Waals surface area contributed by atoms with Gasteiger partial charge in [0, 0.05) is 11.4 Å². The van der Waals surface area contributed by atoms with E-state index in [1.54, 1.807) is 18.2 Å². The van der Waals surface area contributed by atoms with Crippen LogP contribution in [0.2, 0.25) is 5.02 Å². The summed E-state index contributed by atoms with van der Waals surface area (Å²) in [6.45, 7) is -0.520. The summed E-state index contributed by atoms with van der Waals surface area (Å²) in [6, 6.07) is 7.71. The summed E-state index contributed by atoms with van der Waals surface area (Å²) < 4.78 is 5.56. The van der Waals surface area contributed by atoms with Gasteiger partial charge >= 0.3 is 5.97 Å². The number of halogens is 1. The molecule has 9 nitrogen and oxygen atoms in total. The minimum atomic E-state index is -1.48. The minimum absolute atomic E-state index is 0.176. The smallest absolute Gasteiger partial charge is 0.356 e. The molecule has 1 fully saturated rings. The first-order valence-corrected chi connectivity index (χ1v) is 8.84. The highest BCUT2D eigenvalue weighted by Crippen LogP contribution is 2.34. The zero-order valence-electron chi connectivity index (χ0n) is 14.5. The Morgan fingerprint density at radius 1 is 1.07 bits per heavy atom. The van der Waals surface area contributed by atoms with Crippen molar-refractivity contribution in [3.63, 3.8) is 0 Å². The molecule has 0 radical (unpaired) electrons. The normalized spacial score (nSPS) is 27.5. The van der Waals surface area contributed by atoms with Crippen molar-refractivity contribution in [2.24, 2.45) is 0 Å². The van der Waals surface area contributed by atoms with Crippen LogP contribution in [-0.2, 0) is 11.2 Å². The van der Waals surface area contributed by atoms with Gasteiger partial charge in [0.1, 0.15) is 30.5 Å². The fourth-order valence-corrected chi connectivity index (χ4v) is 3.23. The molecule has 5 atom stereocenters. The number of benzene rings is 1. The Morgan fingerprint density at radius 3 is 2.43 bits per heavy atom. The molecule has 1 aliphatic rings. The molecule has 5 N–H and O–H groups in total. The number of carboxylic acid groups (broad SMARTS) is 1. The van der Waals surface area contributed by atoms with Gasteiger partial charge < -0.3 is 30.3 Å². The lowest BCUT2D eigenvalue weighted by Crippen LogP contribution is -2.55. The van der Waals surface area contributed by atoms with Crippen LogP contribution in [0.15, 0.2) is 30.3 Å². The van der Waals surface area contributed by atoms with E-state index in [4.69, 9.17) is 21.4 Å². The largest absolute Gasteiger partial charge is 0.476 e. The zero-order valence-corrected chi connectivity index (χ0v) is 15.3. The summed E-state index contributed by atoms with van der Waals surface area (Å²) in [4.78, 5) is 10.9. The van der Waals surface area contributed by atoms with Gasteiger partial charge in [0.05, 0.1) is 12.3 Å². The number of hydrogen-bond acceptors (Lipinski definition) is 8. The molecule has 0 bridgehead atoms. The van der Waals surface area contributed by atoms with Crippen LogP contribution in [0.4, 0.5) is 0 Å². The van der Waals surface area contributed by atoms with E-state index < -0.39 is 43.1 Å². The quantitative estimate of drug-likeness (QED) is 0.456. The molecule has 150 valence electrons.